The second kappa shape index (κ2) is 4.58. The van der Waals surface area contributed by atoms with E-state index in [1.807, 2.05) is 12.1 Å². The Morgan fingerprint density at radius 2 is 1.92 bits per heavy atom. The number of thiocarbonyl (C=S) groups is 1. The summed E-state index contributed by atoms with van der Waals surface area (Å²) in [6.45, 7) is 2.14. The molecule has 0 spiro atoms. The molecule has 0 radical (unpaired) electrons. The van der Waals surface area contributed by atoms with Crippen LogP contribution in [0, 0.1) is 0 Å². The lowest BCUT2D eigenvalue weighted by atomic mass is 10.0. The summed E-state index contributed by atoms with van der Waals surface area (Å²) in [5.74, 6) is 0. The van der Waals surface area contributed by atoms with Crippen LogP contribution in [0.25, 0.3) is 0 Å². The summed E-state index contributed by atoms with van der Waals surface area (Å²) in [6.07, 6.45) is 1.75. The third-order valence-electron chi connectivity index (χ3n) is 1.83. The lowest BCUT2D eigenvalue weighted by molar-refractivity contribution is 1.10. The first kappa shape index (κ1) is 9.69. The minimum atomic E-state index is 0.538. The standard InChI is InChI=1S/C10H11ClS/c1-2-8-5-3-4-6-9(8)7-10(11)12/h3-6H,2,7H2,1H3. The molecule has 1 aromatic carbocycles. The van der Waals surface area contributed by atoms with E-state index >= 15 is 0 Å². The lowest BCUT2D eigenvalue weighted by Gasteiger charge is -2.04. The second-order valence-corrected chi connectivity index (χ2v) is 3.83. The fourth-order valence-electron chi connectivity index (χ4n) is 1.22. The first-order valence-electron chi connectivity index (χ1n) is 3.99. The largest absolute Gasteiger partial charge is 0.0852 e. The van der Waals surface area contributed by atoms with Crippen LogP contribution in [0.5, 0.6) is 0 Å². The molecule has 0 aromatic heterocycles. The van der Waals surface area contributed by atoms with Gasteiger partial charge in [0.1, 0.15) is 0 Å². The molecule has 1 aromatic rings. The van der Waals surface area contributed by atoms with Crippen molar-refractivity contribution < 1.29 is 0 Å². The van der Waals surface area contributed by atoms with Gasteiger partial charge in [0, 0.05) is 6.42 Å². The molecule has 0 aliphatic heterocycles. The summed E-state index contributed by atoms with van der Waals surface area (Å²) in [7, 11) is 0. The van der Waals surface area contributed by atoms with E-state index < -0.39 is 0 Å². The highest BCUT2D eigenvalue weighted by Gasteiger charge is 2.00. The van der Waals surface area contributed by atoms with Gasteiger partial charge in [-0.15, -0.1) is 0 Å². The van der Waals surface area contributed by atoms with Crippen LogP contribution in [0.1, 0.15) is 18.1 Å². The molecule has 0 saturated carbocycles. The van der Waals surface area contributed by atoms with Crippen molar-refractivity contribution in [2.45, 2.75) is 19.8 Å². The van der Waals surface area contributed by atoms with Crippen molar-refractivity contribution in [2.24, 2.45) is 0 Å². The molecule has 12 heavy (non-hydrogen) atoms. The topological polar surface area (TPSA) is 0 Å². The highest BCUT2D eigenvalue weighted by molar-refractivity contribution is 7.83. The number of rotatable bonds is 3. The SMILES string of the molecule is CCc1ccccc1CC(=S)Cl. The van der Waals surface area contributed by atoms with Crippen LogP contribution < -0.4 is 0 Å². The van der Waals surface area contributed by atoms with Crippen LogP contribution in [-0.4, -0.2) is 4.32 Å². The van der Waals surface area contributed by atoms with Crippen LogP contribution in [-0.2, 0) is 12.8 Å². The zero-order chi connectivity index (χ0) is 8.97. The summed E-state index contributed by atoms with van der Waals surface area (Å²) < 4.78 is 0.538. The molecular weight excluding hydrogens is 188 g/mol. The molecule has 0 unspecified atom stereocenters. The van der Waals surface area contributed by atoms with Gasteiger partial charge in [-0.3, -0.25) is 0 Å². The fraction of sp³-hybridized carbons (Fsp3) is 0.300. The van der Waals surface area contributed by atoms with Crippen molar-refractivity contribution >= 4 is 28.1 Å². The van der Waals surface area contributed by atoms with E-state index in [4.69, 9.17) is 23.8 Å². The highest BCUT2D eigenvalue weighted by Crippen LogP contribution is 2.11. The zero-order valence-corrected chi connectivity index (χ0v) is 8.58. The number of hydrogen-bond donors (Lipinski definition) is 0. The molecule has 0 N–H and O–H groups in total. The molecule has 1 rings (SSSR count). The molecule has 0 nitrogen and oxygen atoms in total. The molecule has 0 bridgehead atoms. The molecule has 0 amide bonds. The molecular formula is C10H11ClS. The first-order valence-corrected chi connectivity index (χ1v) is 4.77. The number of halogens is 1. The van der Waals surface area contributed by atoms with Gasteiger partial charge in [-0.1, -0.05) is 55.0 Å². The molecule has 0 atom stereocenters. The second-order valence-electron chi connectivity index (χ2n) is 2.65. The van der Waals surface area contributed by atoms with Crippen molar-refractivity contribution in [1.82, 2.24) is 0 Å². The van der Waals surface area contributed by atoms with E-state index in [9.17, 15) is 0 Å². The number of benzene rings is 1. The quantitative estimate of drug-likeness (QED) is 0.530. The maximum Gasteiger partial charge on any atom is 0.0852 e. The Hall–Kier alpha value is -0.400. The maximum atomic E-state index is 5.67. The summed E-state index contributed by atoms with van der Waals surface area (Å²) >= 11 is 10.5. The van der Waals surface area contributed by atoms with Gasteiger partial charge in [0.15, 0.2) is 0 Å². The molecule has 0 saturated heterocycles. The normalized spacial score (nSPS) is 9.83. The van der Waals surface area contributed by atoms with Crippen molar-refractivity contribution in [2.75, 3.05) is 0 Å². The Labute approximate surface area is 83.6 Å². The van der Waals surface area contributed by atoms with Crippen molar-refractivity contribution in [3.8, 4) is 0 Å². The summed E-state index contributed by atoms with van der Waals surface area (Å²) in [4.78, 5) is 0. The molecule has 0 fully saturated rings. The number of aryl methyl sites for hydroxylation is 1. The average molecular weight is 199 g/mol. The Morgan fingerprint density at radius 1 is 1.33 bits per heavy atom. The van der Waals surface area contributed by atoms with Gasteiger partial charge in [-0.05, 0) is 17.5 Å². The van der Waals surface area contributed by atoms with Gasteiger partial charge in [0.25, 0.3) is 0 Å². The van der Waals surface area contributed by atoms with Gasteiger partial charge in [-0.2, -0.15) is 0 Å². The Morgan fingerprint density at radius 3 is 2.42 bits per heavy atom. The van der Waals surface area contributed by atoms with Crippen molar-refractivity contribution in [3.63, 3.8) is 0 Å². The Kier molecular flexibility index (Phi) is 3.70. The van der Waals surface area contributed by atoms with Gasteiger partial charge in [0.2, 0.25) is 0 Å². The fourth-order valence-corrected chi connectivity index (χ4v) is 1.52. The minimum Gasteiger partial charge on any atom is -0.0761 e. The van der Waals surface area contributed by atoms with Crippen LogP contribution in [0.15, 0.2) is 24.3 Å². The van der Waals surface area contributed by atoms with Crippen LogP contribution in [0.2, 0.25) is 0 Å². The summed E-state index contributed by atoms with van der Waals surface area (Å²) in [5, 5.41) is 0. The van der Waals surface area contributed by atoms with Gasteiger partial charge >= 0.3 is 0 Å². The molecule has 0 aliphatic carbocycles. The summed E-state index contributed by atoms with van der Waals surface area (Å²) in [5.41, 5.74) is 2.58. The van der Waals surface area contributed by atoms with E-state index in [-0.39, 0.29) is 0 Å². The predicted octanol–water partition coefficient (Wildman–Crippen LogP) is 3.36. The van der Waals surface area contributed by atoms with E-state index in [1.165, 1.54) is 11.1 Å². The van der Waals surface area contributed by atoms with Crippen molar-refractivity contribution in [1.29, 1.82) is 0 Å². The van der Waals surface area contributed by atoms with Gasteiger partial charge in [-0.25, -0.2) is 0 Å². The van der Waals surface area contributed by atoms with Crippen LogP contribution in [0.3, 0.4) is 0 Å². The van der Waals surface area contributed by atoms with Crippen LogP contribution >= 0.6 is 23.8 Å². The molecule has 0 heterocycles. The molecule has 2 heteroatoms. The van der Waals surface area contributed by atoms with E-state index in [1.54, 1.807) is 0 Å². The smallest absolute Gasteiger partial charge is 0.0761 e. The zero-order valence-electron chi connectivity index (χ0n) is 7.01. The average Bonchev–Trinajstić information content (AvgIpc) is 2.04. The third kappa shape index (κ3) is 2.58. The van der Waals surface area contributed by atoms with Gasteiger partial charge in [0.05, 0.1) is 4.32 Å². The number of hydrogen-bond acceptors (Lipinski definition) is 1. The van der Waals surface area contributed by atoms with Crippen molar-refractivity contribution in [3.05, 3.63) is 35.4 Å². The van der Waals surface area contributed by atoms with Gasteiger partial charge < -0.3 is 0 Å². The Bertz CT molecular complexity index is 281. The summed E-state index contributed by atoms with van der Waals surface area (Å²) in [6, 6.07) is 8.25. The predicted molar refractivity (Wildman–Crippen MR) is 58.0 cm³/mol. The highest BCUT2D eigenvalue weighted by atomic mass is 35.5. The minimum absolute atomic E-state index is 0.538. The van der Waals surface area contributed by atoms with E-state index in [0.717, 1.165) is 6.42 Å². The monoisotopic (exact) mass is 198 g/mol. The van der Waals surface area contributed by atoms with E-state index in [2.05, 4.69) is 19.1 Å². The Balaban J connectivity index is 2.89. The third-order valence-corrected chi connectivity index (χ3v) is 2.11. The van der Waals surface area contributed by atoms with E-state index in [0.29, 0.717) is 10.7 Å². The first-order chi connectivity index (χ1) is 5.74. The molecule has 0 aliphatic rings. The van der Waals surface area contributed by atoms with Crippen LogP contribution in [0.4, 0.5) is 0 Å². The lowest BCUT2D eigenvalue weighted by Crippen LogP contribution is -1.96. The molecule has 64 valence electrons. The maximum absolute atomic E-state index is 5.67.